The fraction of sp³-hybridized carbons (Fsp3) is 0.125. The van der Waals surface area contributed by atoms with Crippen LogP contribution in [0.4, 0.5) is 10.6 Å². The van der Waals surface area contributed by atoms with Gasteiger partial charge in [-0.25, -0.2) is 4.79 Å². The second kappa shape index (κ2) is 4.44. The first-order valence-corrected chi connectivity index (χ1v) is 6.58. The van der Waals surface area contributed by atoms with Crippen LogP contribution in [0.3, 0.4) is 0 Å². The maximum Gasteiger partial charge on any atom is 0.331 e. The van der Waals surface area contributed by atoms with Gasteiger partial charge in [0.15, 0.2) is 11.9 Å². The van der Waals surface area contributed by atoms with Crippen molar-refractivity contribution in [2.75, 3.05) is 4.90 Å². The molecule has 1 aliphatic rings. The maximum atomic E-state index is 12.0. The highest BCUT2D eigenvalue weighted by molar-refractivity contribution is 7.03. The summed E-state index contributed by atoms with van der Waals surface area (Å²) in [7, 11) is 0. The molecule has 3 heterocycles. The molecule has 11 heteroatoms. The fourth-order valence-electron chi connectivity index (χ4n) is 1.64. The summed E-state index contributed by atoms with van der Waals surface area (Å²) in [6, 6.07) is -1.89. The first-order chi connectivity index (χ1) is 9.18. The van der Waals surface area contributed by atoms with Crippen LogP contribution < -0.4 is 10.2 Å². The van der Waals surface area contributed by atoms with Crippen molar-refractivity contribution in [2.45, 2.75) is 6.04 Å². The molecule has 0 saturated carbocycles. The van der Waals surface area contributed by atoms with E-state index in [1.54, 1.807) is 0 Å². The third-order valence-electron chi connectivity index (χ3n) is 2.42. The minimum absolute atomic E-state index is 0.182. The van der Waals surface area contributed by atoms with Crippen molar-refractivity contribution < 1.29 is 14.4 Å². The minimum atomic E-state index is -1.15. The Hall–Kier alpha value is -2.27. The van der Waals surface area contributed by atoms with Crippen LogP contribution in [-0.4, -0.2) is 36.9 Å². The van der Waals surface area contributed by atoms with E-state index in [0.717, 1.165) is 28.0 Å². The number of hydrogen-bond acceptors (Lipinski definition) is 9. The Balaban J connectivity index is 2.10. The lowest BCUT2D eigenvalue weighted by Crippen LogP contribution is -2.57. The molecule has 1 saturated heterocycles. The molecule has 96 valence electrons. The van der Waals surface area contributed by atoms with Crippen molar-refractivity contribution >= 4 is 46.6 Å². The fourth-order valence-corrected chi connectivity index (χ4v) is 2.54. The summed E-state index contributed by atoms with van der Waals surface area (Å²) in [6.45, 7) is 0. The number of amides is 3. The van der Waals surface area contributed by atoms with E-state index in [-0.39, 0.29) is 11.5 Å². The molecule has 9 nitrogen and oxygen atoms in total. The number of nitrogens with zero attached hydrogens (tertiary/aromatic N) is 5. The molecule has 1 unspecified atom stereocenters. The molecule has 1 N–H and O–H groups in total. The number of Topliss-reactive ketones (excluding diaryl/α,β-unsaturated/α-hetero) is 1. The highest BCUT2D eigenvalue weighted by atomic mass is 32.1. The summed E-state index contributed by atoms with van der Waals surface area (Å²) in [4.78, 5) is 36.3. The van der Waals surface area contributed by atoms with Gasteiger partial charge in [0, 0.05) is 5.38 Å². The number of carbonyl (C=O) groups excluding carboxylic acids is 3. The lowest BCUT2D eigenvalue weighted by Gasteiger charge is -2.30. The average Bonchev–Trinajstić information content (AvgIpc) is 3.05. The van der Waals surface area contributed by atoms with Gasteiger partial charge in [0.2, 0.25) is 5.78 Å². The zero-order valence-electron chi connectivity index (χ0n) is 9.01. The zero-order valence-corrected chi connectivity index (χ0v) is 10.6. The van der Waals surface area contributed by atoms with E-state index < -0.39 is 23.8 Å². The van der Waals surface area contributed by atoms with Crippen molar-refractivity contribution in [1.29, 1.82) is 0 Å². The molecule has 0 radical (unpaired) electrons. The number of nitrogens with one attached hydrogen (secondary N) is 1. The summed E-state index contributed by atoms with van der Waals surface area (Å²) in [6.07, 6.45) is 0. The molecule has 3 rings (SSSR count). The first-order valence-electron chi connectivity index (χ1n) is 4.91. The Morgan fingerprint density at radius 2 is 1.84 bits per heavy atom. The summed E-state index contributed by atoms with van der Waals surface area (Å²) in [5.41, 5.74) is 0.228. The van der Waals surface area contributed by atoms with E-state index in [2.05, 4.69) is 19.2 Å². The maximum absolute atomic E-state index is 12.0. The predicted molar refractivity (Wildman–Crippen MR) is 63.6 cm³/mol. The number of ketones is 1. The molecule has 19 heavy (non-hydrogen) atoms. The Morgan fingerprint density at radius 3 is 2.47 bits per heavy atom. The molecule has 1 atom stereocenters. The van der Waals surface area contributed by atoms with Gasteiger partial charge >= 0.3 is 6.03 Å². The Labute approximate surface area is 113 Å². The monoisotopic (exact) mass is 296 g/mol. The molecular formula is C8H4N6O3S2. The van der Waals surface area contributed by atoms with E-state index in [1.165, 1.54) is 10.8 Å². The summed E-state index contributed by atoms with van der Waals surface area (Å²) in [5, 5.41) is 12.4. The summed E-state index contributed by atoms with van der Waals surface area (Å²) < 4.78 is 7.27. The average molecular weight is 296 g/mol. The quantitative estimate of drug-likeness (QED) is 0.759. The highest BCUT2D eigenvalue weighted by Crippen LogP contribution is 2.29. The van der Waals surface area contributed by atoms with Gasteiger partial charge in [0.05, 0.1) is 5.38 Å². The van der Waals surface area contributed by atoms with Crippen LogP contribution in [0.2, 0.25) is 0 Å². The minimum Gasteiger partial charge on any atom is -0.286 e. The number of anilines is 1. The smallest absolute Gasteiger partial charge is 0.286 e. The standard InChI is InChI=1S/C8H4N6O3S2/c15-6-5(3-1-18-12-10-3)14(4-2-19-13-11-4)8(17)9-7(6)16/h1-2,5H,(H,9,16,17). The van der Waals surface area contributed by atoms with Gasteiger partial charge in [-0.05, 0) is 23.1 Å². The number of imide groups is 1. The molecule has 0 aromatic carbocycles. The van der Waals surface area contributed by atoms with Crippen molar-refractivity contribution in [2.24, 2.45) is 0 Å². The topological polar surface area (TPSA) is 118 Å². The summed E-state index contributed by atoms with van der Waals surface area (Å²) >= 11 is 2.04. The van der Waals surface area contributed by atoms with Gasteiger partial charge in [-0.2, -0.15) is 0 Å². The van der Waals surface area contributed by atoms with Gasteiger partial charge in [-0.3, -0.25) is 19.8 Å². The third kappa shape index (κ3) is 1.88. The van der Waals surface area contributed by atoms with Crippen LogP contribution in [0, 0.1) is 0 Å². The molecule has 0 spiro atoms. The first kappa shape index (κ1) is 11.8. The van der Waals surface area contributed by atoms with E-state index in [4.69, 9.17) is 0 Å². The van der Waals surface area contributed by atoms with Crippen LogP contribution in [0.25, 0.3) is 0 Å². The largest absolute Gasteiger partial charge is 0.331 e. The van der Waals surface area contributed by atoms with Crippen LogP contribution in [0.5, 0.6) is 0 Å². The molecule has 2 aromatic rings. The second-order valence-electron chi connectivity index (χ2n) is 3.49. The van der Waals surface area contributed by atoms with E-state index >= 15 is 0 Å². The molecular weight excluding hydrogens is 292 g/mol. The van der Waals surface area contributed by atoms with Crippen LogP contribution in [0.15, 0.2) is 10.8 Å². The van der Waals surface area contributed by atoms with Crippen molar-refractivity contribution in [3.05, 3.63) is 16.5 Å². The third-order valence-corrected chi connectivity index (χ3v) is 3.44. The SMILES string of the molecule is O=C1NC(=O)N(c2csnn2)C(c2csnn2)C1=O. The zero-order chi connectivity index (χ0) is 13.4. The highest BCUT2D eigenvalue weighted by Gasteiger charge is 2.44. The van der Waals surface area contributed by atoms with E-state index in [0.29, 0.717) is 0 Å². The molecule has 0 aliphatic carbocycles. The molecule has 0 bridgehead atoms. The molecule has 1 aliphatic heterocycles. The van der Waals surface area contributed by atoms with Crippen LogP contribution >= 0.6 is 23.1 Å². The van der Waals surface area contributed by atoms with Gasteiger partial charge < -0.3 is 0 Å². The molecule has 2 aromatic heterocycles. The number of aromatic nitrogens is 4. The Bertz CT molecular complexity index is 640. The van der Waals surface area contributed by atoms with Crippen molar-refractivity contribution in [1.82, 2.24) is 24.5 Å². The van der Waals surface area contributed by atoms with Gasteiger partial charge in [-0.1, -0.05) is 8.98 Å². The van der Waals surface area contributed by atoms with Gasteiger partial charge in [-0.15, -0.1) is 10.2 Å². The predicted octanol–water partition coefficient (Wildman–Crippen LogP) is -0.244. The van der Waals surface area contributed by atoms with Crippen LogP contribution in [0.1, 0.15) is 11.7 Å². The van der Waals surface area contributed by atoms with Crippen LogP contribution in [-0.2, 0) is 9.59 Å². The van der Waals surface area contributed by atoms with Crippen molar-refractivity contribution in [3.8, 4) is 0 Å². The number of hydrogen-bond donors (Lipinski definition) is 1. The summed E-state index contributed by atoms with van der Waals surface area (Å²) in [5.74, 6) is -1.58. The Kier molecular flexibility index (Phi) is 2.76. The van der Waals surface area contributed by atoms with E-state index in [1.807, 2.05) is 5.32 Å². The lowest BCUT2D eigenvalue weighted by atomic mass is 10.1. The van der Waals surface area contributed by atoms with Gasteiger partial charge in [0.25, 0.3) is 5.91 Å². The molecule has 3 amide bonds. The van der Waals surface area contributed by atoms with Crippen molar-refractivity contribution in [3.63, 3.8) is 0 Å². The molecule has 1 fully saturated rings. The lowest BCUT2D eigenvalue weighted by molar-refractivity contribution is -0.138. The Morgan fingerprint density at radius 1 is 1.11 bits per heavy atom. The number of rotatable bonds is 2. The normalized spacial score (nSPS) is 19.7. The second-order valence-corrected chi connectivity index (χ2v) is 4.71. The number of carbonyl (C=O) groups is 3. The number of urea groups is 1. The van der Waals surface area contributed by atoms with Gasteiger partial charge in [0.1, 0.15) is 5.69 Å². The van der Waals surface area contributed by atoms with E-state index in [9.17, 15) is 14.4 Å².